The van der Waals surface area contributed by atoms with E-state index in [1.807, 2.05) is 40.1 Å². The van der Waals surface area contributed by atoms with E-state index in [1.165, 1.54) is 6.07 Å². The van der Waals surface area contributed by atoms with Crippen LogP contribution in [0.15, 0.2) is 48.5 Å². The van der Waals surface area contributed by atoms with E-state index in [0.717, 1.165) is 30.6 Å². The molecule has 4 aliphatic heterocycles. The van der Waals surface area contributed by atoms with Crippen molar-refractivity contribution in [2.24, 2.45) is 5.92 Å². The fraction of sp³-hybridized carbons (Fsp3) is 0.440. The van der Waals surface area contributed by atoms with Gasteiger partial charge in [0.15, 0.2) is 0 Å². The quantitative estimate of drug-likeness (QED) is 0.790. The van der Waals surface area contributed by atoms with Crippen LogP contribution in [0, 0.1) is 11.7 Å². The van der Waals surface area contributed by atoms with Gasteiger partial charge in [-0.1, -0.05) is 30.3 Å². The molecule has 0 aliphatic carbocycles. The van der Waals surface area contributed by atoms with Gasteiger partial charge in [-0.2, -0.15) is 0 Å². The molecule has 6 nitrogen and oxygen atoms in total. The molecule has 3 saturated heterocycles. The number of nitrogens with zero attached hydrogens (tertiary/aromatic N) is 3. The minimum Gasteiger partial charge on any atom is -0.366 e. The summed E-state index contributed by atoms with van der Waals surface area (Å²) in [6.07, 6.45) is 2.81. The van der Waals surface area contributed by atoms with Crippen LogP contribution in [0.5, 0.6) is 0 Å². The summed E-state index contributed by atoms with van der Waals surface area (Å²) in [4.78, 5) is 33.6. The maximum Gasteiger partial charge on any atom is 0.250 e. The number of hydrogen-bond donors (Lipinski definition) is 1. The number of carbonyl (C=O) groups excluding carboxylic acids is 2. The lowest BCUT2D eigenvalue weighted by Gasteiger charge is -2.41. The van der Waals surface area contributed by atoms with Gasteiger partial charge in [0.25, 0.3) is 0 Å². The molecule has 166 valence electrons. The third-order valence-electron chi connectivity index (χ3n) is 7.86. The van der Waals surface area contributed by atoms with Gasteiger partial charge in [0.1, 0.15) is 11.4 Å². The minimum atomic E-state index is -0.905. The van der Waals surface area contributed by atoms with Gasteiger partial charge in [-0.15, -0.1) is 0 Å². The highest BCUT2D eigenvalue weighted by Gasteiger charge is 2.65. The first-order valence-electron chi connectivity index (χ1n) is 11.6. The van der Waals surface area contributed by atoms with Gasteiger partial charge in [0.2, 0.25) is 11.8 Å². The number of halogens is 1. The highest BCUT2D eigenvalue weighted by molar-refractivity contribution is 6.09. The zero-order chi connectivity index (χ0) is 21.9. The largest absolute Gasteiger partial charge is 0.366 e. The molecule has 0 radical (unpaired) electrons. The topological polar surface area (TPSA) is 55.9 Å². The van der Waals surface area contributed by atoms with Crippen molar-refractivity contribution in [2.75, 3.05) is 42.9 Å². The summed E-state index contributed by atoms with van der Waals surface area (Å²) in [6, 6.07) is 14.9. The molecule has 1 spiro atoms. The fourth-order valence-electron chi connectivity index (χ4n) is 6.46. The Balaban J connectivity index is 1.29. The van der Waals surface area contributed by atoms with Gasteiger partial charge in [-0.05, 0) is 44.0 Å². The minimum absolute atomic E-state index is 0.0550. The number of piperazine rings is 1. The number of rotatable bonds is 2. The van der Waals surface area contributed by atoms with Crippen molar-refractivity contribution in [3.05, 3.63) is 59.9 Å². The Morgan fingerprint density at radius 1 is 1.00 bits per heavy atom. The van der Waals surface area contributed by atoms with Crippen LogP contribution in [0.2, 0.25) is 0 Å². The molecule has 0 saturated carbocycles. The van der Waals surface area contributed by atoms with E-state index in [2.05, 4.69) is 10.2 Å². The number of para-hydroxylation sites is 2. The number of amides is 2. The predicted octanol–water partition coefficient (Wildman–Crippen LogP) is 2.81. The maximum absolute atomic E-state index is 14.2. The number of benzene rings is 2. The normalized spacial score (nSPS) is 29.3. The molecule has 32 heavy (non-hydrogen) atoms. The summed E-state index contributed by atoms with van der Waals surface area (Å²) < 4.78 is 14.2. The summed E-state index contributed by atoms with van der Waals surface area (Å²) in [5.74, 6) is -0.635. The fourth-order valence-corrected chi connectivity index (χ4v) is 6.46. The summed E-state index contributed by atoms with van der Waals surface area (Å²) in [5, 5.41) is 3.06. The molecule has 3 fully saturated rings. The van der Waals surface area contributed by atoms with Gasteiger partial charge in [0, 0.05) is 43.5 Å². The standard InChI is InChI=1S/C25H27FN4O2/c26-20-8-2-4-10-22(20)28-12-14-29(15-13-28)23(31)19-16-17-6-5-11-30(17)25(19)18-7-1-3-9-21(18)27-24(25)32/h1-4,7-10,17,19H,5-6,11-16H2,(H,27,32). The molecule has 3 atom stereocenters. The first kappa shape index (κ1) is 19.7. The molecule has 1 N–H and O–H groups in total. The Hall–Kier alpha value is -2.93. The summed E-state index contributed by atoms with van der Waals surface area (Å²) in [5.41, 5.74) is 1.45. The second-order valence-corrected chi connectivity index (χ2v) is 9.31. The smallest absolute Gasteiger partial charge is 0.250 e. The second-order valence-electron chi connectivity index (χ2n) is 9.31. The number of fused-ring (bicyclic) bond motifs is 4. The molecule has 4 heterocycles. The van der Waals surface area contributed by atoms with Crippen molar-refractivity contribution in [3.63, 3.8) is 0 Å². The van der Waals surface area contributed by atoms with Gasteiger partial charge >= 0.3 is 0 Å². The van der Waals surface area contributed by atoms with E-state index in [9.17, 15) is 14.0 Å². The Morgan fingerprint density at radius 3 is 2.56 bits per heavy atom. The lowest BCUT2D eigenvalue weighted by Crippen LogP contribution is -2.57. The lowest BCUT2D eigenvalue weighted by molar-refractivity contribution is -0.144. The first-order valence-corrected chi connectivity index (χ1v) is 11.6. The van der Waals surface area contributed by atoms with Crippen molar-refractivity contribution in [3.8, 4) is 0 Å². The van der Waals surface area contributed by atoms with E-state index < -0.39 is 11.5 Å². The van der Waals surface area contributed by atoms with Crippen LogP contribution in [0.25, 0.3) is 0 Å². The molecule has 0 aromatic heterocycles. The van der Waals surface area contributed by atoms with Crippen molar-refractivity contribution >= 4 is 23.2 Å². The van der Waals surface area contributed by atoms with Crippen molar-refractivity contribution < 1.29 is 14.0 Å². The Morgan fingerprint density at radius 2 is 1.75 bits per heavy atom. The van der Waals surface area contributed by atoms with E-state index in [1.54, 1.807) is 12.1 Å². The Kier molecular flexibility index (Phi) is 4.50. The average molecular weight is 435 g/mol. The summed E-state index contributed by atoms with van der Waals surface area (Å²) in [6.45, 7) is 3.09. The monoisotopic (exact) mass is 434 g/mol. The van der Waals surface area contributed by atoms with E-state index in [-0.39, 0.29) is 23.7 Å². The second kappa shape index (κ2) is 7.30. The van der Waals surface area contributed by atoms with E-state index in [0.29, 0.717) is 38.3 Å². The van der Waals surface area contributed by atoms with Crippen LogP contribution in [0.1, 0.15) is 24.8 Å². The lowest BCUT2D eigenvalue weighted by atomic mass is 9.78. The van der Waals surface area contributed by atoms with Crippen LogP contribution in [-0.4, -0.2) is 60.4 Å². The first-order chi connectivity index (χ1) is 15.6. The number of nitrogens with one attached hydrogen (secondary N) is 1. The summed E-state index contributed by atoms with van der Waals surface area (Å²) >= 11 is 0. The van der Waals surface area contributed by atoms with Crippen LogP contribution < -0.4 is 10.2 Å². The molecule has 4 aliphatic rings. The van der Waals surface area contributed by atoms with Crippen molar-refractivity contribution in [1.29, 1.82) is 0 Å². The van der Waals surface area contributed by atoms with Gasteiger partial charge in [-0.3, -0.25) is 14.5 Å². The number of hydrogen-bond acceptors (Lipinski definition) is 4. The van der Waals surface area contributed by atoms with Gasteiger partial charge in [0.05, 0.1) is 11.6 Å². The molecule has 2 aromatic carbocycles. The van der Waals surface area contributed by atoms with E-state index in [4.69, 9.17) is 0 Å². The van der Waals surface area contributed by atoms with Gasteiger partial charge < -0.3 is 15.1 Å². The average Bonchev–Trinajstić information content (AvgIpc) is 3.48. The molecular formula is C25H27FN4O2. The zero-order valence-electron chi connectivity index (χ0n) is 18.0. The maximum atomic E-state index is 14.2. The van der Waals surface area contributed by atoms with Crippen LogP contribution in [-0.2, 0) is 15.1 Å². The Labute approximate surface area is 187 Å². The van der Waals surface area contributed by atoms with Crippen LogP contribution in [0.3, 0.4) is 0 Å². The third kappa shape index (κ3) is 2.67. The van der Waals surface area contributed by atoms with Crippen molar-refractivity contribution in [1.82, 2.24) is 9.80 Å². The highest BCUT2D eigenvalue weighted by Crippen LogP contribution is 2.55. The molecule has 7 heteroatoms. The molecule has 2 amide bonds. The molecular weight excluding hydrogens is 407 g/mol. The highest BCUT2D eigenvalue weighted by atomic mass is 19.1. The van der Waals surface area contributed by atoms with E-state index >= 15 is 0 Å². The predicted molar refractivity (Wildman–Crippen MR) is 120 cm³/mol. The summed E-state index contributed by atoms with van der Waals surface area (Å²) in [7, 11) is 0. The van der Waals surface area contributed by atoms with Crippen LogP contribution in [0.4, 0.5) is 15.8 Å². The van der Waals surface area contributed by atoms with Crippen molar-refractivity contribution in [2.45, 2.75) is 30.8 Å². The molecule has 3 unspecified atom stereocenters. The Bertz CT molecular complexity index is 1080. The zero-order valence-corrected chi connectivity index (χ0v) is 18.0. The van der Waals surface area contributed by atoms with Crippen LogP contribution >= 0.6 is 0 Å². The van der Waals surface area contributed by atoms with Gasteiger partial charge in [-0.25, -0.2) is 4.39 Å². The molecule has 6 rings (SSSR count). The number of carbonyl (C=O) groups is 2. The SMILES string of the molecule is O=C(C1CC2CCCN2C12C(=O)Nc1ccccc12)N1CCN(c2ccccc2F)CC1. The molecule has 2 aromatic rings. The third-order valence-corrected chi connectivity index (χ3v) is 7.86. The molecule has 0 bridgehead atoms. The number of anilines is 2.